The molecule has 2 aliphatic rings. The van der Waals surface area contributed by atoms with E-state index in [4.69, 9.17) is 33.7 Å². The topological polar surface area (TPSA) is 77.2 Å². The number of halogens is 2. The van der Waals surface area contributed by atoms with Gasteiger partial charge in [-0.15, -0.1) is 0 Å². The molecule has 0 radical (unpaired) electrons. The summed E-state index contributed by atoms with van der Waals surface area (Å²) in [5.74, 6) is 0.0803. The van der Waals surface area contributed by atoms with Crippen molar-refractivity contribution in [3.05, 3.63) is 52.1 Å². The van der Waals surface area contributed by atoms with E-state index >= 15 is 0 Å². The van der Waals surface area contributed by atoms with Crippen molar-refractivity contribution in [2.24, 2.45) is 5.92 Å². The van der Waals surface area contributed by atoms with Gasteiger partial charge in [0.2, 0.25) is 5.91 Å². The van der Waals surface area contributed by atoms with Gasteiger partial charge in [-0.05, 0) is 48.7 Å². The Morgan fingerprint density at radius 1 is 1.16 bits per heavy atom. The quantitative estimate of drug-likeness (QED) is 0.850. The third-order valence-corrected chi connectivity index (χ3v) is 5.69. The zero-order chi connectivity index (χ0) is 17.6. The first-order valence-electron chi connectivity index (χ1n) is 8.16. The second kappa shape index (κ2) is 6.48. The molecule has 3 heterocycles. The monoisotopic (exact) mass is 377 g/mol. The van der Waals surface area contributed by atoms with E-state index in [-0.39, 0.29) is 30.0 Å². The highest BCUT2D eigenvalue weighted by Gasteiger charge is 2.52. The van der Waals surface area contributed by atoms with E-state index in [1.54, 1.807) is 24.4 Å². The minimum atomic E-state index is -0.269. The number of nitrogens with two attached hydrogens (primary N) is 1. The molecule has 2 aromatic rings. The average Bonchev–Trinajstić information content (AvgIpc) is 3.19. The SMILES string of the molecule is Nc1cc([C@@H]2[C@H](C(=O)Nc3ccc(Cl)c(Cl)c3)[C@H]3CC[C@@H]2O3)ccn1. The molecule has 2 fully saturated rings. The molecule has 5 nitrogen and oxygen atoms in total. The standard InChI is InChI=1S/C18H17Cl2N3O2/c19-11-2-1-10(8-12(11)20)23-18(24)17-14-4-3-13(25-14)16(17)9-5-6-22-15(21)7-9/h1-2,5-8,13-14,16-17H,3-4H2,(H2,21,22)(H,23,24)/t13-,14+,16-,17+/m0/s1. The van der Waals surface area contributed by atoms with Crippen LogP contribution in [0.25, 0.3) is 0 Å². The smallest absolute Gasteiger partial charge is 0.230 e. The van der Waals surface area contributed by atoms with Crippen LogP contribution in [0.2, 0.25) is 10.0 Å². The van der Waals surface area contributed by atoms with Crippen molar-refractivity contribution in [1.29, 1.82) is 0 Å². The number of nitrogen functional groups attached to an aromatic ring is 1. The number of ether oxygens (including phenoxy) is 1. The Morgan fingerprint density at radius 2 is 1.96 bits per heavy atom. The van der Waals surface area contributed by atoms with Gasteiger partial charge < -0.3 is 15.8 Å². The second-order valence-electron chi connectivity index (χ2n) is 6.47. The van der Waals surface area contributed by atoms with Crippen LogP contribution in [0.15, 0.2) is 36.5 Å². The van der Waals surface area contributed by atoms with Gasteiger partial charge >= 0.3 is 0 Å². The summed E-state index contributed by atoms with van der Waals surface area (Å²) in [4.78, 5) is 17.0. The summed E-state index contributed by atoms with van der Waals surface area (Å²) in [6, 6.07) is 8.78. The highest BCUT2D eigenvalue weighted by molar-refractivity contribution is 6.42. The van der Waals surface area contributed by atoms with Crippen LogP contribution < -0.4 is 11.1 Å². The number of aromatic nitrogens is 1. The molecule has 2 aliphatic heterocycles. The summed E-state index contributed by atoms with van der Waals surface area (Å²) in [5.41, 5.74) is 7.44. The van der Waals surface area contributed by atoms with E-state index in [9.17, 15) is 4.79 Å². The molecule has 130 valence electrons. The lowest BCUT2D eigenvalue weighted by Gasteiger charge is -2.27. The Hall–Kier alpha value is -1.82. The molecule has 7 heteroatoms. The fourth-order valence-electron chi connectivity index (χ4n) is 3.91. The first-order chi connectivity index (χ1) is 12.0. The number of nitrogens with zero attached hydrogens (tertiary/aromatic N) is 1. The van der Waals surface area contributed by atoms with Crippen LogP contribution in [-0.2, 0) is 9.53 Å². The van der Waals surface area contributed by atoms with Crippen molar-refractivity contribution < 1.29 is 9.53 Å². The summed E-state index contributed by atoms with van der Waals surface area (Å²) in [6.45, 7) is 0. The molecule has 0 unspecified atom stereocenters. The van der Waals surface area contributed by atoms with Crippen LogP contribution in [0.5, 0.6) is 0 Å². The lowest BCUT2D eigenvalue weighted by molar-refractivity contribution is -0.121. The van der Waals surface area contributed by atoms with Crippen molar-refractivity contribution in [3.63, 3.8) is 0 Å². The summed E-state index contributed by atoms with van der Waals surface area (Å²) >= 11 is 12.0. The molecule has 2 saturated heterocycles. The molecule has 0 aliphatic carbocycles. The number of pyridine rings is 1. The predicted octanol–water partition coefficient (Wildman–Crippen LogP) is 3.87. The summed E-state index contributed by atoms with van der Waals surface area (Å²) in [6.07, 6.45) is 3.48. The van der Waals surface area contributed by atoms with Gasteiger partial charge in [0.15, 0.2) is 0 Å². The van der Waals surface area contributed by atoms with Crippen LogP contribution in [-0.4, -0.2) is 23.1 Å². The van der Waals surface area contributed by atoms with Gasteiger partial charge in [0.1, 0.15) is 5.82 Å². The van der Waals surface area contributed by atoms with Gasteiger partial charge in [0.05, 0.1) is 28.2 Å². The maximum atomic E-state index is 13.0. The van der Waals surface area contributed by atoms with E-state index in [2.05, 4.69) is 10.3 Å². The summed E-state index contributed by atoms with van der Waals surface area (Å²) in [5, 5.41) is 3.80. The van der Waals surface area contributed by atoms with Gasteiger partial charge in [-0.1, -0.05) is 23.2 Å². The van der Waals surface area contributed by atoms with Gasteiger partial charge in [-0.25, -0.2) is 4.98 Å². The molecule has 1 aromatic carbocycles. The number of benzene rings is 1. The normalized spacial score (nSPS) is 27.4. The molecule has 0 spiro atoms. The van der Waals surface area contributed by atoms with Crippen LogP contribution in [0.4, 0.5) is 11.5 Å². The van der Waals surface area contributed by atoms with E-state index in [0.29, 0.717) is 21.6 Å². The van der Waals surface area contributed by atoms with Crippen molar-refractivity contribution in [2.45, 2.75) is 31.0 Å². The Morgan fingerprint density at radius 3 is 2.72 bits per heavy atom. The third kappa shape index (κ3) is 3.08. The Kier molecular flexibility index (Phi) is 4.31. The molecular formula is C18H17Cl2N3O2. The van der Waals surface area contributed by atoms with Crippen LogP contribution in [0, 0.1) is 5.92 Å². The van der Waals surface area contributed by atoms with Crippen LogP contribution in [0.1, 0.15) is 24.3 Å². The second-order valence-corrected chi connectivity index (χ2v) is 7.29. The van der Waals surface area contributed by atoms with E-state index < -0.39 is 0 Å². The molecule has 25 heavy (non-hydrogen) atoms. The highest BCUT2D eigenvalue weighted by Crippen LogP contribution is 2.49. The minimum absolute atomic E-state index is 0.0215. The predicted molar refractivity (Wildman–Crippen MR) is 97.9 cm³/mol. The summed E-state index contributed by atoms with van der Waals surface area (Å²) < 4.78 is 6.02. The maximum Gasteiger partial charge on any atom is 0.230 e. The lowest BCUT2D eigenvalue weighted by atomic mass is 9.75. The number of hydrogen-bond donors (Lipinski definition) is 2. The van der Waals surface area contributed by atoms with E-state index in [1.165, 1.54) is 0 Å². The van der Waals surface area contributed by atoms with E-state index in [1.807, 2.05) is 12.1 Å². The first kappa shape index (κ1) is 16.6. The molecule has 1 aromatic heterocycles. The number of nitrogens with one attached hydrogen (secondary N) is 1. The van der Waals surface area contributed by atoms with Crippen LogP contribution in [0.3, 0.4) is 0 Å². The number of rotatable bonds is 3. The van der Waals surface area contributed by atoms with Crippen molar-refractivity contribution in [3.8, 4) is 0 Å². The molecule has 2 bridgehead atoms. The van der Waals surface area contributed by atoms with Crippen molar-refractivity contribution in [1.82, 2.24) is 4.98 Å². The number of carbonyl (C=O) groups excluding carboxylic acids is 1. The van der Waals surface area contributed by atoms with Crippen LogP contribution >= 0.6 is 23.2 Å². The number of fused-ring (bicyclic) bond motifs is 2. The van der Waals surface area contributed by atoms with Crippen molar-refractivity contribution >= 4 is 40.6 Å². The van der Waals surface area contributed by atoms with Gasteiger partial charge in [-0.3, -0.25) is 4.79 Å². The van der Waals surface area contributed by atoms with Gasteiger partial charge in [-0.2, -0.15) is 0 Å². The van der Waals surface area contributed by atoms with Crippen molar-refractivity contribution in [2.75, 3.05) is 11.1 Å². The first-order valence-corrected chi connectivity index (χ1v) is 8.91. The van der Waals surface area contributed by atoms with Gasteiger partial charge in [0, 0.05) is 17.8 Å². The Bertz CT molecular complexity index is 830. The molecule has 0 saturated carbocycles. The largest absolute Gasteiger partial charge is 0.384 e. The number of hydrogen-bond acceptors (Lipinski definition) is 4. The molecule has 3 N–H and O–H groups in total. The van der Waals surface area contributed by atoms with Gasteiger partial charge in [0.25, 0.3) is 0 Å². The summed E-state index contributed by atoms with van der Waals surface area (Å²) in [7, 11) is 0. The molecule has 4 rings (SSSR count). The molecule has 1 amide bonds. The number of carbonyl (C=O) groups is 1. The Labute approximate surface area is 155 Å². The fourth-order valence-corrected chi connectivity index (χ4v) is 4.20. The molecular weight excluding hydrogens is 361 g/mol. The fraction of sp³-hybridized carbons (Fsp3) is 0.333. The maximum absolute atomic E-state index is 13.0. The zero-order valence-corrected chi connectivity index (χ0v) is 14.8. The Balaban J connectivity index is 1.60. The highest BCUT2D eigenvalue weighted by atomic mass is 35.5. The number of amides is 1. The van der Waals surface area contributed by atoms with E-state index in [0.717, 1.165) is 18.4 Å². The number of anilines is 2. The average molecular weight is 378 g/mol. The third-order valence-electron chi connectivity index (χ3n) is 4.95. The zero-order valence-electron chi connectivity index (χ0n) is 13.3. The minimum Gasteiger partial charge on any atom is -0.384 e. The molecule has 4 atom stereocenters. The lowest BCUT2D eigenvalue weighted by Crippen LogP contribution is -2.36.